The maximum Gasteiger partial charge on any atom is 0.224 e. The summed E-state index contributed by atoms with van der Waals surface area (Å²) in [4.78, 5) is 21.4. The van der Waals surface area contributed by atoms with Crippen LogP contribution in [0.5, 0.6) is 5.75 Å². The highest BCUT2D eigenvalue weighted by Gasteiger charge is 2.16. The highest BCUT2D eigenvalue weighted by molar-refractivity contribution is 6.31. The number of hydrogen-bond acceptors (Lipinski definition) is 7. The largest absolute Gasteiger partial charge is 0.485 e. The molecule has 0 aliphatic carbocycles. The molecule has 41 heavy (non-hydrogen) atoms. The van der Waals surface area contributed by atoms with Gasteiger partial charge in [0.15, 0.2) is 0 Å². The van der Waals surface area contributed by atoms with Crippen LogP contribution in [0.15, 0.2) is 67.1 Å². The molecule has 0 fully saturated rings. The molecule has 0 bridgehead atoms. The molecule has 0 aliphatic rings. The number of halogens is 3. The first kappa shape index (κ1) is 27.9. The summed E-state index contributed by atoms with van der Waals surface area (Å²) >= 11 is 5.94. The summed E-state index contributed by atoms with van der Waals surface area (Å²) < 4.78 is 34.6. The minimum absolute atomic E-state index is 0.0275. The molecule has 0 saturated heterocycles. The Morgan fingerprint density at radius 3 is 2.63 bits per heavy atom. The maximum absolute atomic E-state index is 13.6. The van der Waals surface area contributed by atoms with Gasteiger partial charge in [-0.25, -0.2) is 23.4 Å². The zero-order chi connectivity index (χ0) is 28.9. The van der Waals surface area contributed by atoms with E-state index in [2.05, 4.69) is 30.9 Å². The summed E-state index contributed by atoms with van der Waals surface area (Å²) in [5, 5.41) is 14.9. The van der Waals surface area contributed by atoms with E-state index in [9.17, 15) is 13.6 Å². The molecule has 0 spiro atoms. The Balaban J connectivity index is 1.40. The van der Waals surface area contributed by atoms with Crippen LogP contribution in [0.3, 0.4) is 0 Å². The fourth-order valence-electron chi connectivity index (χ4n) is 4.09. The lowest BCUT2D eigenvalue weighted by Gasteiger charge is -2.15. The van der Waals surface area contributed by atoms with Gasteiger partial charge in [0, 0.05) is 23.6 Å². The monoisotopic (exact) mass is 577 g/mol. The Morgan fingerprint density at radius 2 is 1.88 bits per heavy atom. The number of carbonyl (C=O) groups excluding carboxylic acids is 1. The molecule has 210 valence electrons. The van der Waals surface area contributed by atoms with Crippen molar-refractivity contribution >= 4 is 45.6 Å². The third kappa shape index (κ3) is 7.12. The van der Waals surface area contributed by atoms with E-state index in [0.29, 0.717) is 52.5 Å². The molecule has 0 radical (unpaired) electrons. The zero-order valence-electron chi connectivity index (χ0n) is 22.2. The summed E-state index contributed by atoms with van der Waals surface area (Å²) in [6.07, 6.45) is 3.44. The molecule has 9 nitrogen and oxygen atoms in total. The lowest BCUT2D eigenvalue weighted by atomic mass is 10.1. The van der Waals surface area contributed by atoms with Gasteiger partial charge in [-0.05, 0) is 47.9 Å². The van der Waals surface area contributed by atoms with Gasteiger partial charge in [-0.15, -0.1) is 5.10 Å². The van der Waals surface area contributed by atoms with Crippen molar-refractivity contribution in [2.75, 3.05) is 10.6 Å². The second kappa shape index (κ2) is 12.3. The van der Waals surface area contributed by atoms with Crippen molar-refractivity contribution in [1.82, 2.24) is 25.0 Å². The van der Waals surface area contributed by atoms with E-state index in [0.717, 1.165) is 5.56 Å². The zero-order valence-corrected chi connectivity index (χ0v) is 23.0. The summed E-state index contributed by atoms with van der Waals surface area (Å²) in [5.41, 5.74) is 2.94. The number of amides is 1. The number of aromatic nitrogens is 5. The number of nitrogens with zero attached hydrogens (tertiary/aromatic N) is 5. The number of nitrogens with one attached hydrogen (secondary N) is 2. The highest BCUT2D eigenvalue weighted by Crippen LogP contribution is 2.34. The molecule has 5 aromatic rings. The van der Waals surface area contributed by atoms with E-state index >= 15 is 0 Å². The second-order valence-corrected chi connectivity index (χ2v) is 10.2. The van der Waals surface area contributed by atoms with Gasteiger partial charge >= 0.3 is 0 Å². The van der Waals surface area contributed by atoms with Crippen molar-refractivity contribution in [2.45, 2.75) is 33.4 Å². The van der Waals surface area contributed by atoms with Gasteiger partial charge in [-0.1, -0.05) is 42.8 Å². The molecule has 1 amide bonds. The Labute approximate surface area is 239 Å². The first-order chi connectivity index (χ1) is 19.7. The van der Waals surface area contributed by atoms with Gasteiger partial charge in [-0.3, -0.25) is 4.79 Å². The summed E-state index contributed by atoms with van der Waals surface area (Å²) in [7, 11) is 0. The Kier molecular flexibility index (Phi) is 8.34. The molecular weight excluding hydrogens is 552 g/mol. The molecule has 3 aromatic carbocycles. The summed E-state index contributed by atoms with van der Waals surface area (Å²) in [6, 6.07) is 13.8. The molecule has 5 rings (SSSR count). The fourth-order valence-corrected chi connectivity index (χ4v) is 4.27. The average molecular weight is 578 g/mol. The third-order valence-corrected chi connectivity index (χ3v) is 6.30. The molecule has 2 heterocycles. The van der Waals surface area contributed by atoms with Gasteiger partial charge in [0.2, 0.25) is 5.91 Å². The van der Waals surface area contributed by atoms with E-state index in [1.165, 1.54) is 30.6 Å². The van der Waals surface area contributed by atoms with E-state index in [4.69, 9.17) is 16.3 Å². The molecule has 0 unspecified atom stereocenters. The predicted molar refractivity (Wildman–Crippen MR) is 152 cm³/mol. The van der Waals surface area contributed by atoms with Crippen LogP contribution >= 0.6 is 11.6 Å². The SMILES string of the molecule is CC(C)CC(=O)Nc1cc2c(Nc3ccc(F)c(Cl)c3)ncnc2cc1OCc1cn(Cc2ccc(F)cc2)nn1. The standard InChI is InChI=1S/C29H26ClF2N7O2/c1-17(2)9-28(40)36-26-11-22-25(33-16-34-29(22)35-20-7-8-24(32)23(30)10-20)12-27(26)41-15-21-14-39(38-37-21)13-18-3-5-19(31)6-4-18/h3-8,10-12,14,16-17H,9,13,15H2,1-2H3,(H,36,40)(H,33,34,35). The van der Waals surface area contributed by atoms with Gasteiger partial charge in [-0.2, -0.15) is 0 Å². The van der Waals surface area contributed by atoms with Gasteiger partial charge in [0.25, 0.3) is 0 Å². The minimum Gasteiger partial charge on any atom is -0.485 e. The molecule has 0 saturated carbocycles. The van der Waals surface area contributed by atoms with Crippen LogP contribution in [0.1, 0.15) is 31.5 Å². The van der Waals surface area contributed by atoms with Crippen molar-refractivity contribution < 1.29 is 18.3 Å². The first-order valence-corrected chi connectivity index (χ1v) is 13.2. The highest BCUT2D eigenvalue weighted by atomic mass is 35.5. The van der Waals surface area contributed by atoms with Crippen LogP contribution in [-0.2, 0) is 17.9 Å². The third-order valence-electron chi connectivity index (χ3n) is 6.01. The number of hydrogen-bond donors (Lipinski definition) is 2. The van der Waals surface area contributed by atoms with Gasteiger partial charge < -0.3 is 15.4 Å². The Hall–Kier alpha value is -4.64. The number of rotatable bonds is 10. The molecule has 0 aliphatic heterocycles. The van der Waals surface area contributed by atoms with Crippen LogP contribution in [0.25, 0.3) is 10.9 Å². The van der Waals surface area contributed by atoms with Crippen LogP contribution in [0.4, 0.5) is 26.0 Å². The van der Waals surface area contributed by atoms with Crippen molar-refractivity contribution in [3.8, 4) is 5.75 Å². The molecule has 12 heteroatoms. The van der Waals surface area contributed by atoms with E-state index in [1.807, 2.05) is 13.8 Å². The van der Waals surface area contributed by atoms with Crippen molar-refractivity contribution in [3.05, 3.63) is 95.0 Å². The normalized spacial score (nSPS) is 11.2. The van der Waals surface area contributed by atoms with Crippen molar-refractivity contribution in [2.24, 2.45) is 5.92 Å². The number of ether oxygens (including phenoxy) is 1. The van der Waals surface area contributed by atoms with Crippen LogP contribution in [0, 0.1) is 17.6 Å². The Morgan fingerprint density at radius 1 is 1.07 bits per heavy atom. The van der Waals surface area contributed by atoms with Crippen LogP contribution < -0.4 is 15.4 Å². The Bertz CT molecular complexity index is 1690. The fraction of sp³-hybridized carbons (Fsp3) is 0.207. The smallest absolute Gasteiger partial charge is 0.224 e. The quantitative estimate of drug-likeness (QED) is 0.195. The number of carbonyl (C=O) groups is 1. The van der Waals surface area contributed by atoms with E-state index < -0.39 is 5.82 Å². The number of benzene rings is 3. The number of fused-ring (bicyclic) bond motifs is 1. The van der Waals surface area contributed by atoms with Crippen LogP contribution in [0.2, 0.25) is 5.02 Å². The molecular formula is C29H26ClF2N7O2. The van der Waals surface area contributed by atoms with Crippen molar-refractivity contribution in [3.63, 3.8) is 0 Å². The lowest BCUT2D eigenvalue weighted by molar-refractivity contribution is -0.116. The second-order valence-electron chi connectivity index (χ2n) is 9.81. The van der Waals surface area contributed by atoms with Crippen LogP contribution in [-0.4, -0.2) is 30.9 Å². The summed E-state index contributed by atoms with van der Waals surface area (Å²) in [6.45, 7) is 4.41. The van der Waals surface area contributed by atoms with Gasteiger partial charge in [0.05, 0.1) is 29.0 Å². The van der Waals surface area contributed by atoms with E-state index in [1.54, 1.807) is 41.2 Å². The predicted octanol–water partition coefficient (Wildman–Crippen LogP) is 6.51. The molecule has 0 atom stereocenters. The summed E-state index contributed by atoms with van der Waals surface area (Å²) in [5.74, 6) is -0.0336. The maximum atomic E-state index is 13.6. The first-order valence-electron chi connectivity index (χ1n) is 12.8. The van der Waals surface area contributed by atoms with Crippen molar-refractivity contribution in [1.29, 1.82) is 0 Å². The van der Waals surface area contributed by atoms with E-state index in [-0.39, 0.29) is 29.3 Å². The number of anilines is 3. The topological polar surface area (TPSA) is 107 Å². The minimum atomic E-state index is -0.530. The molecule has 2 aromatic heterocycles. The average Bonchev–Trinajstić information content (AvgIpc) is 3.38. The lowest BCUT2D eigenvalue weighted by Crippen LogP contribution is -2.15. The van der Waals surface area contributed by atoms with Gasteiger partial charge in [0.1, 0.15) is 41.8 Å². The molecule has 2 N–H and O–H groups in total.